The lowest BCUT2D eigenvalue weighted by Gasteiger charge is -2.28. The van der Waals surface area contributed by atoms with Gasteiger partial charge in [0, 0.05) is 30.4 Å². The number of hydroxylamine groups is 2. The predicted molar refractivity (Wildman–Crippen MR) is 107 cm³/mol. The van der Waals surface area contributed by atoms with E-state index < -0.39 is 0 Å². The van der Waals surface area contributed by atoms with E-state index in [1.54, 1.807) is 0 Å². The Morgan fingerprint density at radius 1 is 1.18 bits per heavy atom. The summed E-state index contributed by atoms with van der Waals surface area (Å²) in [5, 5.41) is 1.38. The Bertz CT molecular complexity index is 898. The van der Waals surface area contributed by atoms with Crippen LogP contribution < -0.4 is 4.90 Å². The number of nitrogens with zero attached hydrogens (tertiary/aromatic N) is 5. The van der Waals surface area contributed by atoms with Crippen molar-refractivity contribution in [3.05, 3.63) is 52.5 Å². The Labute approximate surface area is 165 Å². The first kappa shape index (κ1) is 18.8. The molecule has 0 saturated carbocycles. The Kier molecular flexibility index (Phi) is 5.03. The first-order valence-electron chi connectivity index (χ1n) is 9.72. The normalized spacial score (nSPS) is 19.2. The zero-order valence-corrected chi connectivity index (χ0v) is 17.0. The van der Waals surface area contributed by atoms with Gasteiger partial charge in [0.15, 0.2) is 0 Å². The summed E-state index contributed by atoms with van der Waals surface area (Å²) in [5.74, 6) is 0.769. The van der Waals surface area contributed by atoms with E-state index in [2.05, 4.69) is 33.9 Å². The second-order valence-electron chi connectivity index (χ2n) is 7.82. The van der Waals surface area contributed by atoms with Crippen molar-refractivity contribution in [3.63, 3.8) is 0 Å². The van der Waals surface area contributed by atoms with Gasteiger partial charge in [0.25, 0.3) is 0 Å². The van der Waals surface area contributed by atoms with E-state index in [1.165, 1.54) is 5.06 Å². The van der Waals surface area contributed by atoms with Crippen molar-refractivity contribution in [2.45, 2.75) is 39.5 Å². The fraction of sp³-hybridized carbons (Fsp3) is 0.476. The van der Waals surface area contributed by atoms with Gasteiger partial charge in [0.1, 0.15) is 12.4 Å². The van der Waals surface area contributed by atoms with Crippen LogP contribution in [0.15, 0.2) is 24.3 Å². The summed E-state index contributed by atoms with van der Waals surface area (Å²) in [6.07, 6.45) is 1.09. The second-order valence-corrected chi connectivity index (χ2v) is 7.82. The lowest BCUT2D eigenvalue weighted by Crippen LogP contribution is -2.36. The van der Waals surface area contributed by atoms with Gasteiger partial charge in [-0.2, -0.15) is 0 Å². The first-order valence-corrected chi connectivity index (χ1v) is 9.72. The van der Waals surface area contributed by atoms with Crippen molar-refractivity contribution in [2.75, 3.05) is 32.1 Å². The van der Waals surface area contributed by atoms with E-state index in [4.69, 9.17) is 4.84 Å². The number of aryl methyl sites for hydroxylation is 1. The summed E-state index contributed by atoms with van der Waals surface area (Å²) >= 11 is 0. The summed E-state index contributed by atoms with van der Waals surface area (Å²) < 4.78 is 0. The maximum Gasteiger partial charge on any atom is 0.315 e. The second kappa shape index (κ2) is 7.48. The molecule has 0 unspecified atom stereocenters. The molecule has 2 aromatic rings. The fourth-order valence-corrected chi connectivity index (χ4v) is 3.82. The minimum Gasteiger partial charge on any atom is -0.355 e. The van der Waals surface area contributed by atoms with Crippen molar-refractivity contribution >= 4 is 11.7 Å². The summed E-state index contributed by atoms with van der Waals surface area (Å²) in [7, 11) is 4.21. The number of likely N-dealkylation sites (N-methyl/N-ethyl adjacent to an activating group) is 1. The minimum atomic E-state index is -0.290. The zero-order chi connectivity index (χ0) is 19.8. The lowest BCUT2D eigenvalue weighted by atomic mass is 10.1. The van der Waals surface area contributed by atoms with Crippen LogP contribution in [-0.4, -0.2) is 59.1 Å². The molecule has 3 heterocycles. The molecular weight excluding hydrogens is 354 g/mol. The average Bonchev–Trinajstić information content (AvgIpc) is 3.19. The van der Waals surface area contributed by atoms with Crippen molar-refractivity contribution < 1.29 is 9.63 Å². The molecule has 2 aliphatic rings. The summed E-state index contributed by atoms with van der Waals surface area (Å²) in [6, 6.07) is 8.50. The van der Waals surface area contributed by atoms with E-state index in [-0.39, 0.29) is 11.7 Å². The number of carbonyl (C=O) groups is 1. The number of hydrogen-bond acceptors (Lipinski definition) is 6. The molecule has 2 aliphatic heterocycles. The van der Waals surface area contributed by atoms with E-state index in [0.717, 1.165) is 47.7 Å². The number of aromatic nitrogens is 2. The van der Waals surface area contributed by atoms with Gasteiger partial charge >= 0.3 is 5.91 Å². The van der Waals surface area contributed by atoms with Crippen LogP contribution in [0.1, 0.15) is 39.4 Å². The monoisotopic (exact) mass is 381 g/mol. The summed E-state index contributed by atoms with van der Waals surface area (Å²) in [4.78, 5) is 32.4. The largest absolute Gasteiger partial charge is 0.355 e. The standard InChI is InChI=1S/C21H27N5O2/c1-14-15(2)22-19(23-20(14)25-10-9-18(12-25)24(3)4)21(27)26-11-16-7-5-6-8-17(16)13-28-26/h5-8,18H,9-13H2,1-4H3/t18-/m1/s1. The highest BCUT2D eigenvalue weighted by molar-refractivity contribution is 5.90. The Balaban J connectivity index is 1.59. The van der Waals surface area contributed by atoms with Gasteiger partial charge in [-0.25, -0.2) is 15.0 Å². The number of benzene rings is 1. The maximum atomic E-state index is 13.1. The maximum absolute atomic E-state index is 13.1. The van der Waals surface area contributed by atoms with Gasteiger partial charge in [-0.1, -0.05) is 24.3 Å². The number of anilines is 1. The molecule has 0 spiro atoms. The van der Waals surface area contributed by atoms with Gasteiger partial charge in [-0.05, 0) is 45.5 Å². The molecule has 28 heavy (non-hydrogen) atoms. The smallest absolute Gasteiger partial charge is 0.315 e. The molecule has 4 rings (SSSR count). The quantitative estimate of drug-likeness (QED) is 0.813. The van der Waals surface area contributed by atoms with E-state index in [1.807, 2.05) is 38.1 Å². The predicted octanol–water partition coefficient (Wildman–Crippen LogP) is 2.32. The number of hydrogen-bond donors (Lipinski definition) is 0. The van der Waals surface area contributed by atoms with Crippen molar-refractivity contribution in [3.8, 4) is 0 Å². The molecular formula is C21H27N5O2. The van der Waals surface area contributed by atoms with Crippen LogP contribution in [0.3, 0.4) is 0 Å². The number of fused-ring (bicyclic) bond motifs is 1. The molecule has 1 aromatic heterocycles. The molecule has 1 fully saturated rings. The van der Waals surface area contributed by atoms with Crippen molar-refractivity contribution in [2.24, 2.45) is 0 Å². The molecule has 0 aliphatic carbocycles. The highest BCUT2D eigenvalue weighted by Gasteiger charge is 2.30. The SMILES string of the molecule is Cc1nc(C(=O)N2Cc3ccccc3CO2)nc(N2CC[C@@H](N(C)C)C2)c1C. The van der Waals surface area contributed by atoms with Crippen LogP contribution in [0.2, 0.25) is 0 Å². The third-order valence-electron chi connectivity index (χ3n) is 5.78. The molecule has 0 N–H and O–H groups in total. The average molecular weight is 381 g/mol. The van der Waals surface area contributed by atoms with Crippen LogP contribution in [0, 0.1) is 13.8 Å². The number of rotatable bonds is 3. The molecule has 1 atom stereocenters. The van der Waals surface area contributed by atoms with E-state index >= 15 is 0 Å². The van der Waals surface area contributed by atoms with Crippen molar-refractivity contribution in [1.82, 2.24) is 19.9 Å². The Hall–Kier alpha value is -2.51. The Morgan fingerprint density at radius 2 is 1.93 bits per heavy atom. The lowest BCUT2D eigenvalue weighted by molar-refractivity contribution is -0.150. The molecule has 0 radical (unpaired) electrons. The molecule has 148 valence electrons. The minimum absolute atomic E-state index is 0.200. The van der Waals surface area contributed by atoms with Crippen LogP contribution in [0.5, 0.6) is 0 Å². The highest BCUT2D eigenvalue weighted by Crippen LogP contribution is 2.26. The third-order valence-corrected chi connectivity index (χ3v) is 5.78. The van der Waals surface area contributed by atoms with Gasteiger partial charge in [0.05, 0.1) is 6.54 Å². The number of carbonyl (C=O) groups excluding carboxylic acids is 1. The molecule has 1 amide bonds. The topological polar surface area (TPSA) is 61.8 Å². The zero-order valence-electron chi connectivity index (χ0n) is 17.0. The van der Waals surface area contributed by atoms with Gasteiger partial charge < -0.3 is 9.80 Å². The van der Waals surface area contributed by atoms with Gasteiger partial charge in [0.2, 0.25) is 5.82 Å². The number of amides is 1. The molecule has 0 bridgehead atoms. The molecule has 7 nitrogen and oxygen atoms in total. The highest BCUT2D eigenvalue weighted by atomic mass is 16.7. The molecule has 1 aromatic carbocycles. The fourth-order valence-electron chi connectivity index (χ4n) is 3.82. The summed E-state index contributed by atoms with van der Waals surface area (Å²) in [5.41, 5.74) is 4.07. The molecule has 1 saturated heterocycles. The van der Waals surface area contributed by atoms with Gasteiger partial charge in [-0.15, -0.1) is 0 Å². The van der Waals surface area contributed by atoms with Crippen molar-refractivity contribution in [1.29, 1.82) is 0 Å². The van der Waals surface area contributed by atoms with Gasteiger partial charge in [-0.3, -0.25) is 9.63 Å². The van der Waals surface area contributed by atoms with Crippen LogP contribution in [0.25, 0.3) is 0 Å². The van der Waals surface area contributed by atoms with Crippen LogP contribution in [0.4, 0.5) is 5.82 Å². The summed E-state index contributed by atoms with van der Waals surface area (Å²) in [6.45, 7) is 6.59. The first-order chi connectivity index (χ1) is 13.4. The Morgan fingerprint density at radius 3 is 2.64 bits per heavy atom. The van der Waals surface area contributed by atoms with Crippen LogP contribution in [-0.2, 0) is 18.0 Å². The van der Waals surface area contributed by atoms with E-state index in [0.29, 0.717) is 19.2 Å². The van der Waals surface area contributed by atoms with Crippen LogP contribution >= 0.6 is 0 Å². The third kappa shape index (κ3) is 3.47. The molecule has 7 heteroatoms. The van der Waals surface area contributed by atoms with E-state index in [9.17, 15) is 4.79 Å².